The zero-order valence-electron chi connectivity index (χ0n) is 15.9. The Balaban J connectivity index is 1.71. The Morgan fingerprint density at radius 2 is 1.85 bits per heavy atom. The van der Waals surface area contributed by atoms with Crippen molar-refractivity contribution in [3.8, 4) is 0 Å². The highest BCUT2D eigenvalue weighted by molar-refractivity contribution is 5.87. The summed E-state index contributed by atoms with van der Waals surface area (Å²) in [7, 11) is 0. The van der Waals surface area contributed by atoms with Crippen molar-refractivity contribution in [1.82, 2.24) is 10.2 Å². The molecule has 27 heavy (non-hydrogen) atoms. The molecule has 1 heterocycles. The number of carboxylic acid groups (broad SMARTS) is 1. The number of hydrogen-bond acceptors (Lipinski definition) is 3. The Bertz CT molecular complexity index is 792. The van der Waals surface area contributed by atoms with E-state index < -0.39 is 12.0 Å². The number of amides is 1. The fourth-order valence-electron chi connectivity index (χ4n) is 3.99. The monoisotopic (exact) mass is 368 g/mol. The molecule has 0 saturated carbocycles. The summed E-state index contributed by atoms with van der Waals surface area (Å²) >= 11 is 0. The number of fused-ring (bicyclic) bond motifs is 1. The molecule has 0 aliphatic carbocycles. The molecule has 1 aliphatic rings. The Labute approximate surface area is 160 Å². The van der Waals surface area contributed by atoms with E-state index in [0.29, 0.717) is 12.3 Å². The van der Waals surface area contributed by atoms with Gasteiger partial charge in [0.15, 0.2) is 0 Å². The predicted molar refractivity (Wildman–Crippen MR) is 107 cm³/mol. The molecule has 1 aliphatic heterocycles. The van der Waals surface area contributed by atoms with Crippen molar-refractivity contribution >= 4 is 22.6 Å². The van der Waals surface area contributed by atoms with Gasteiger partial charge in [0.1, 0.15) is 0 Å². The summed E-state index contributed by atoms with van der Waals surface area (Å²) in [6.45, 7) is 5.29. The molecule has 144 valence electrons. The zero-order chi connectivity index (χ0) is 19.2. The van der Waals surface area contributed by atoms with Gasteiger partial charge < -0.3 is 15.3 Å². The molecule has 2 N–H and O–H groups in total. The number of nitrogens with one attached hydrogen (secondary N) is 1. The Morgan fingerprint density at radius 1 is 1.15 bits per heavy atom. The number of benzene rings is 2. The van der Waals surface area contributed by atoms with Crippen LogP contribution < -0.4 is 5.32 Å². The first-order chi connectivity index (χ1) is 13.1. The molecule has 3 rings (SSSR count). The molecule has 0 spiro atoms. The third-order valence-corrected chi connectivity index (χ3v) is 5.54. The van der Waals surface area contributed by atoms with Crippen LogP contribution in [-0.2, 0) is 9.59 Å². The Morgan fingerprint density at radius 3 is 2.56 bits per heavy atom. The van der Waals surface area contributed by atoms with Crippen LogP contribution in [0.3, 0.4) is 0 Å². The summed E-state index contributed by atoms with van der Waals surface area (Å²) in [5.74, 6) is -0.584. The topological polar surface area (TPSA) is 69.6 Å². The summed E-state index contributed by atoms with van der Waals surface area (Å²) < 4.78 is 0. The molecule has 0 bridgehead atoms. The molecule has 0 radical (unpaired) electrons. The number of rotatable bonds is 7. The van der Waals surface area contributed by atoms with Crippen molar-refractivity contribution in [2.24, 2.45) is 5.92 Å². The molecule has 2 aromatic carbocycles. The minimum absolute atomic E-state index is 0.0517. The van der Waals surface area contributed by atoms with E-state index in [0.717, 1.165) is 48.8 Å². The normalized spacial score (nSPS) is 16.9. The highest BCUT2D eigenvalue weighted by atomic mass is 16.4. The van der Waals surface area contributed by atoms with E-state index in [1.165, 1.54) is 0 Å². The van der Waals surface area contributed by atoms with E-state index in [4.69, 9.17) is 0 Å². The first-order valence-corrected chi connectivity index (χ1v) is 9.78. The predicted octanol–water partition coefficient (Wildman–Crippen LogP) is 3.59. The number of carbonyl (C=O) groups excluding carboxylic acids is 1. The van der Waals surface area contributed by atoms with Crippen molar-refractivity contribution in [3.63, 3.8) is 0 Å². The number of likely N-dealkylation sites (tertiary alicyclic amines) is 1. The van der Waals surface area contributed by atoms with Crippen molar-refractivity contribution in [2.75, 3.05) is 19.6 Å². The Kier molecular flexibility index (Phi) is 6.45. The maximum Gasteiger partial charge on any atom is 0.305 e. The van der Waals surface area contributed by atoms with Gasteiger partial charge in [0.2, 0.25) is 5.91 Å². The highest BCUT2D eigenvalue weighted by Gasteiger charge is 2.24. The van der Waals surface area contributed by atoms with E-state index in [-0.39, 0.29) is 12.3 Å². The molecule has 0 unspecified atom stereocenters. The van der Waals surface area contributed by atoms with Gasteiger partial charge >= 0.3 is 5.97 Å². The van der Waals surface area contributed by atoms with Crippen LogP contribution in [-0.4, -0.2) is 41.5 Å². The highest BCUT2D eigenvalue weighted by Crippen LogP contribution is 2.27. The van der Waals surface area contributed by atoms with Crippen LogP contribution in [0.15, 0.2) is 42.5 Å². The number of hydrogen-bond donors (Lipinski definition) is 2. The van der Waals surface area contributed by atoms with Gasteiger partial charge in [-0.1, -0.05) is 49.4 Å². The van der Waals surface area contributed by atoms with Gasteiger partial charge in [0, 0.05) is 6.42 Å². The van der Waals surface area contributed by atoms with Crippen LogP contribution in [0.5, 0.6) is 0 Å². The SMILES string of the molecule is CCN1CCC(CC(=O)N[C@H](CC(=O)O)c2cccc3ccccc23)CC1. The second kappa shape index (κ2) is 9.00. The van der Waals surface area contributed by atoms with E-state index in [1.807, 2.05) is 42.5 Å². The van der Waals surface area contributed by atoms with Crippen LogP contribution in [0.2, 0.25) is 0 Å². The molecule has 2 aromatic rings. The van der Waals surface area contributed by atoms with E-state index in [2.05, 4.69) is 17.1 Å². The van der Waals surface area contributed by atoms with Gasteiger partial charge in [-0.15, -0.1) is 0 Å². The molecule has 1 amide bonds. The maximum atomic E-state index is 12.6. The minimum Gasteiger partial charge on any atom is -0.481 e. The molecule has 1 saturated heterocycles. The smallest absolute Gasteiger partial charge is 0.305 e. The minimum atomic E-state index is -0.913. The average molecular weight is 368 g/mol. The van der Waals surface area contributed by atoms with Gasteiger partial charge in [0.25, 0.3) is 0 Å². The molecule has 1 atom stereocenters. The number of carboxylic acids is 1. The van der Waals surface area contributed by atoms with Gasteiger partial charge in [-0.3, -0.25) is 9.59 Å². The lowest BCUT2D eigenvalue weighted by Gasteiger charge is -2.31. The third-order valence-electron chi connectivity index (χ3n) is 5.54. The largest absolute Gasteiger partial charge is 0.481 e. The summed E-state index contributed by atoms with van der Waals surface area (Å²) in [6.07, 6.45) is 2.41. The summed E-state index contributed by atoms with van der Waals surface area (Å²) in [4.78, 5) is 26.4. The molecule has 5 nitrogen and oxygen atoms in total. The van der Waals surface area contributed by atoms with Crippen molar-refractivity contribution in [1.29, 1.82) is 0 Å². The lowest BCUT2D eigenvalue weighted by Crippen LogP contribution is -2.36. The van der Waals surface area contributed by atoms with Gasteiger partial charge in [0.05, 0.1) is 12.5 Å². The zero-order valence-corrected chi connectivity index (χ0v) is 15.9. The maximum absolute atomic E-state index is 12.6. The van der Waals surface area contributed by atoms with Gasteiger partial charge in [-0.05, 0) is 54.7 Å². The number of carbonyl (C=O) groups is 2. The van der Waals surface area contributed by atoms with Crippen molar-refractivity contribution < 1.29 is 14.7 Å². The van der Waals surface area contributed by atoms with E-state index in [1.54, 1.807) is 0 Å². The molecular weight excluding hydrogens is 340 g/mol. The second-order valence-corrected chi connectivity index (χ2v) is 7.37. The van der Waals surface area contributed by atoms with E-state index in [9.17, 15) is 14.7 Å². The van der Waals surface area contributed by atoms with Crippen LogP contribution in [0.25, 0.3) is 10.8 Å². The lowest BCUT2D eigenvalue weighted by molar-refractivity contribution is -0.137. The van der Waals surface area contributed by atoms with Crippen LogP contribution in [0.4, 0.5) is 0 Å². The van der Waals surface area contributed by atoms with Gasteiger partial charge in [-0.2, -0.15) is 0 Å². The third kappa shape index (κ3) is 5.07. The molecule has 5 heteroatoms. The standard InChI is InChI=1S/C22H28N2O3/c1-2-24-12-10-16(11-13-24)14-21(25)23-20(15-22(26)27)19-9-5-7-17-6-3-4-8-18(17)19/h3-9,16,20H,2,10-15H2,1H3,(H,23,25)(H,26,27)/t20-/m1/s1. The number of aliphatic carboxylic acids is 1. The first-order valence-electron chi connectivity index (χ1n) is 9.78. The molecule has 1 fully saturated rings. The van der Waals surface area contributed by atoms with Crippen LogP contribution >= 0.6 is 0 Å². The average Bonchev–Trinajstić information content (AvgIpc) is 2.67. The summed E-state index contributed by atoms with van der Waals surface area (Å²) in [5.41, 5.74) is 0.865. The molecular formula is C22H28N2O3. The fourth-order valence-corrected chi connectivity index (χ4v) is 3.99. The summed E-state index contributed by atoms with van der Waals surface area (Å²) in [5, 5.41) is 14.4. The lowest BCUT2D eigenvalue weighted by atomic mass is 9.92. The summed E-state index contributed by atoms with van der Waals surface area (Å²) in [6, 6.07) is 13.2. The quantitative estimate of drug-likeness (QED) is 0.783. The van der Waals surface area contributed by atoms with E-state index >= 15 is 0 Å². The van der Waals surface area contributed by atoms with Crippen molar-refractivity contribution in [2.45, 2.75) is 38.6 Å². The second-order valence-electron chi connectivity index (χ2n) is 7.37. The fraction of sp³-hybridized carbons (Fsp3) is 0.455. The number of nitrogens with zero attached hydrogens (tertiary/aromatic N) is 1. The molecule has 0 aromatic heterocycles. The first kappa shape index (κ1) is 19.4. The van der Waals surface area contributed by atoms with Crippen LogP contribution in [0.1, 0.15) is 44.2 Å². The number of piperidine rings is 1. The Hall–Kier alpha value is -2.40. The van der Waals surface area contributed by atoms with Gasteiger partial charge in [-0.25, -0.2) is 0 Å². The van der Waals surface area contributed by atoms with Crippen LogP contribution in [0, 0.1) is 5.92 Å². The van der Waals surface area contributed by atoms with Crippen molar-refractivity contribution in [3.05, 3.63) is 48.0 Å².